The molecule has 2 aliphatic heterocycles. The lowest BCUT2D eigenvalue weighted by Gasteiger charge is -2.33. The summed E-state index contributed by atoms with van der Waals surface area (Å²) in [6.45, 7) is 5.99. The van der Waals surface area contributed by atoms with E-state index in [0.717, 1.165) is 83.5 Å². The van der Waals surface area contributed by atoms with E-state index in [1.807, 2.05) is 38.2 Å². The summed E-state index contributed by atoms with van der Waals surface area (Å²) in [4.78, 5) is 21.0. The van der Waals surface area contributed by atoms with Crippen molar-refractivity contribution in [2.24, 2.45) is 0 Å². The predicted molar refractivity (Wildman–Crippen MR) is 161 cm³/mol. The molecule has 2 aliphatic rings. The Morgan fingerprint density at radius 2 is 1.93 bits per heavy atom. The fourth-order valence-corrected chi connectivity index (χ4v) is 5.99. The van der Waals surface area contributed by atoms with Crippen LogP contribution in [-0.2, 0) is 17.8 Å². The lowest BCUT2D eigenvalue weighted by molar-refractivity contribution is -0.0592. The standard InChI is InChI=1S/C32H35ClN4O4/c1-21-6-9-29(27(33)16-21)35(2)23-4-3-5-25(18-23)41-24-10-13-36(14-11-24)20-31-34-28-8-7-22(32(38)39)17-30(28)37(31)19-26-12-15-40-26/h3-9,16-18,24,26H,10-15,19-20H2,1-2H3,(H,38,39)/t26-/m0/s1. The first-order valence-electron chi connectivity index (χ1n) is 14.2. The molecule has 2 saturated heterocycles. The third kappa shape index (κ3) is 6.05. The number of carboxylic acids is 1. The van der Waals surface area contributed by atoms with Crippen LogP contribution in [0.2, 0.25) is 5.02 Å². The van der Waals surface area contributed by atoms with Gasteiger partial charge in [0.05, 0.1) is 46.5 Å². The van der Waals surface area contributed by atoms with Gasteiger partial charge in [0.15, 0.2) is 0 Å². The van der Waals surface area contributed by atoms with Gasteiger partial charge in [-0.25, -0.2) is 9.78 Å². The molecule has 4 aromatic rings. The van der Waals surface area contributed by atoms with Gasteiger partial charge in [0.2, 0.25) is 0 Å². The monoisotopic (exact) mass is 574 g/mol. The third-order valence-electron chi connectivity index (χ3n) is 8.13. The number of aryl methyl sites for hydroxylation is 1. The van der Waals surface area contributed by atoms with Crippen molar-refractivity contribution in [1.82, 2.24) is 14.5 Å². The number of likely N-dealkylation sites (tertiary alicyclic amines) is 1. The Morgan fingerprint density at radius 3 is 2.63 bits per heavy atom. The van der Waals surface area contributed by atoms with Crippen LogP contribution in [0.15, 0.2) is 60.7 Å². The third-order valence-corrected chi connectivity index (χ3v) is 8.43. The molecule has 41 heavy (non-hydrogen) atoms. The van der Waals surface area contributed by atoms with Gasteiger partial charge >= 0.3 is 5.97 Å². The predicted octanol–water partition coefficient (Wildman–Crippen LogP) is 6.30. The van der Waals surface area contributed by atoms with Crippen LogP contribution in [0.4, 0.5) is 11.4 Å². The molecule has 3 heterocycles. The normalized spacial score (nSPS) is 17.9. The molecule has 1 aromatic heterocycles. The molecule has 9 heteroatoms. The molecule has 0 aliphatic carbocycles. The lowest BCUT2D eigenvalue weighted by atomic mass is 10.1. The SMILES string of the molecule is Cc1ccc(N(C)c2cccc(OC3CCN(Cc4nc5ccc(C(=O)O)cc5n4C[C@@H]4CCO4)CC3)c2)c(Cl)c1. The summed E-state index contributed by atoms with van der Waals surface area (Å²) >= 11 is 6.52. The summed E-state index contributed by atoms with van der Waals surface area (Å²) < 4.78 is 14.3. The van der Waals surface area contributed by atoms with Gasteiger partial charge < -0.3 is 24.0 Å². The van der Waals surface area contributed by atoms with E-state index < -0.39 is 5.97 Å². The number of aromatic nitrogens is 2. The Bertz CT molecular complexity index is 1560. The van der Waals surface area contributed by atoms with Crippen LogP contribution in [0.3, 0.4) is 0 Å². The zero-order valence-electron chi connectivity index (χ0n) is 23.4. The number of halogens is 1. The van der Waals surface area contributed by atoms with Gasteiger partial charge in [-0.3, -0.25) is 4.90 Å². The number of carboxylic acid groups (broad SMARTS) is 1. The number of imidazole rings is 1. The molecular formula is C32H35ClN4O4. The highest BCUT2D eigenvalue weighted by molar-refractivity contribution is 6.33. The highest BCUT2D eigenvalue weighted by atomic mass is 35.5. The van der Waals surface area contributed by atoms with Crippen molar-refractivity contribution < 1.29 is 19.4 Å². The minimum absolute atomic E-state index is 0.134. The van der Waals surface area contributed by atoms with E-state index in [1.54, 1.807) is 18.2 Å². The molecule has 0 unspecified atom stereocenters. The molecule has 1 atom stereocenters. The number of nitrogens with zero attached hydrogens (tertiary/aromatic N) is 4. The van der Waals surface area contributed by atoms with Crippen molar-refractivity contribution in [3.8, 4) is 5.75 Å². The first-order chi connectivity index (χ1) is 19.8. The van der Waals surface area contributed by atoms with Crippen molar-refractivity contribution in [3.63, 3.8) is 0 Å². The molecule has 8 nitrogen and oxygen atoms in total. The maximum atomic E-state index is 11.6. The second kappa shape index (κ2) is 11.7. The highest BCUT2D eigenvalue weighted by Crippen LogP contribution is 2.33. The zero-order chi connectivity index (χ0) is 28.5. The number of piperidine rings is 1. The van der Waals surface area contributed by atoms with E-state index in [9.17, 15) is 9.90 Å². The molecule has 0 bridgehead atoms. The maximum Gasteiger partial charge on any atom is 0.335 e. The van der Waals surface area contributed by atoms with Crippen molar-refractivity contribution in [2.45, 2.75) is 51.5 Å². The molecule has 0 saturated carbocycles. The number of hydrogen-bond donors (Lipinski definition) is 1. The number of aromatic carboxylic acids is 1. The number of ether oxygens (including phenoxy) is 2. The Morgan fingerprint density at radius 1 is 1.12 bits per heavy atom. The first-order valence-corrected chi connectivity index (χ1v) is 14.5. The fourth-order valence-electron chi connectivity index (χ4n) is 5.63. The highest BCUT2D eigenvalue weighted by Gasteiger charge is 2.26. The Labute approximate surface area is 245 Å². The van der Waals surface area contributed by atoms with E-state index >= 15 is 0 Å². The molecule has 0 amide bonds. The molecule has 1 N–H and O–H groups in total. The number of hydrogen-bond acceptors (Lipinski definition) is 6. The molecule has 0 spiro atoms. The van der Waals surface area contributed by atoms with Gasteiger partial charge in [-0.15, -0.1) is 0 Å². The number of carbonyl (C=O) groups is 1. The van der Waals surface area contributed by atoms with E-state index in [0.29, 0.717) is 13.1 Å². The van der Waals surface area contributed by atoms with Crippen LogP contribution in [0.5, 0.6) is 5.75 Å². The van der Waals surface area contributed by atoms with Crippen molar-refractivity contribution in [1.29, 1.82) is 0 Å². The fraction of sp³-hybridized carbons (Fsp3) is 0.375. The average molecular weight is 575 g/mol. The summed E-state index contributed by atoms with van der Waals surface area (Å²) in [6.07, 6.45) is 3.12. The molecule has 214 valence electrons. The number of fused-ring (bicyclic) bond motifs is 1. The number of benzene rings is 3. The average Bonchev–Trinajstić information content (AvgIpc) is 3.27. The zero-order valence-corrected chi connectivity index (χ0v) is 24.2. The van der Waals surface area contributed by atoms with E-state index in [4.69, 9.17) is 26.1 Å². The Hall–Kier alpha value is -3.59. The lowest BCUT2D eigenvalue weighted by Crippen LogP contribution is -2.39. The minimum atomic E-state index is -0.931. The molecule has 6 rings (SSSR count). The maximum absolute atomic E-state index is 11.6. The smallest absolute Gasteiger partial charge is 0.335 e. The second-order valence-electron chi connectivity index (χ2n) is 11.0. The van der Waals surface area contributed by atoms with Gasteiger partial charge in [-0.2, -0.15) is 0 Å². The minimum Gasteiger partial charge on any atom is -0.490 e. The molecule has 2 fully saturated rings. The van der Waals surface area contributed by atoms with Crippen LogP contribution in [0, 0.1) is 6.92 Å². The summed E-state index contributed by atoms with van der Waals surface area (Å²) in [6, 6.07) is 19.4. The largest absolute Gasteiger partial charge is 0.490 e. The van der Waals surface area contributed by atoms with Crippen molar-refractivity contribution in [2.75, 3.05) is 31.6 Å². The molecular weight excluding hydrogens is 540 g/mol. The summed E-state index contributed by atoms with van der Waals surface area (Å²) in [7, 11) is 2.01. The van der Waals surface area contributed by atoms with Gasteiger partial charge in [-0.05, 0) is 74.2 Å². The molecule has 3 aromatic carbocycles. The van der Waals surface area contributed by atoms with Gasteiger partial charge in [0, 0.05) is 38.5 Å². The van der Waals surface area contributed by atoms with E-state index in [2.05, 4.69) is 32.6 Å². The summed E-state index contributed by atoms with van der Waals surface area (Å²) in [5.74, 6) is 0.870. The van der Waals surface area contributed by atoms with Gasteiger partial charge in [0.1, 0.15) is 17.7 Å². The summed E-state index contributed by atoms with van der Waals surface area (Å²) in [5.41, 5.74) is 5.05. The quantitative estimate of drug-likeness (QED) is 0.251. The summed E-state index contributed by atoms with van der Waals surface area (Å²) in [5, 5.41) is 10.2. The van der Waals surface area contributed by atoms with Gasteiger partial charge in [-0.1, -0.05) is 23.7 Å². The number of anilines is 2. The van der Waals surface area contributed by atoms with Crippen LogP contribution < -0.4 is 9.64 Å². The Balaban J connectivity index is 1.10. The van der Waals surface area contributed by atoms with Crippen molar-refractivity contribution in [3.05, 3.63) is 82.6 Å². The second-order valence-corrected chi connectivity index (χ2v) is 11.4. The van der Waals surface area contributed by atoms with Crippen molar-refractivity contribution >= 4 is 40.0 Å². The van der Waals surface area contributed by atoms with E-state index in [1.165, 1.54) is 0 Å². The van der Waals surface area contributed by atoms with Gasteiger partial charge in [0.25, 0.3) is 0 Å². The first kappa shape index (κ1) is 27.6. The number of rotatable bonds is 9. The van der Waals surface area contributed by atoms with Crippen LogP contribution >= 0.6 is 11.6 Å². The van der Waals surface area contributed by atoms with E-state index in [-0.39, 0.29) is 17.8 Å². The van der Waals surface area contributed by atoms with Crippen LogP contribution in [0.25, 0.3) is 11.0 Å². The van der Waals surface area contributed by atoms with Crippen LogP contribution in [0.1, 0.15) is 41.0 Å². The van der Waals surface area contributed by atoms with Crippen LogP contribution in [-0.4, -0.2) is 64.5 Å². The Kier molecular flexibility index (Phi) is 7.88. The molecule has 0 radical (unpaired) electrons. The topological polar surface area (TPSA) is 80.1 Å².